The van der Waals surface area contributed by atoms with Crippen molar-refractivity contribution < 1.29 is 4.79 Å². The predicted molar refractivity (Wildman–Crippen MR) is 68.7 cm³/mol. The van der Waals surface area contributed by atoms with Crippen LogP contribution in [0.25, 0.3) is 0 Å². The van der Waals surface area contributed by atoms with E-state index in [1.165, 1.54) is 0 Å². The number of carbonyl (C=O) groups excluding carboxylic acids is 1. The SMILES string of the molecule is Cc1nccc(C2C(N)CCC(=O)N2C(C)C)n1. The van der Waals surface area contributed by atoms with Crippen molar-refractivity contribution in [1.82, 2.24) is 14.9 Å². The van der Waals surface area contributed by atoms with Gasteiger partial charge in [0.05, 0.1) is 11.7 Å². The average Bonchev–Trinajstić information content (AvgIpc) is 2.31. The molecule has 1 fully saturated rings. The number of carbonyl (C=O) groups is 1. The first-order chi connectivity index (χ1) is 8.50. The highest BCUT2D eigenvalue weighted by Gasteiger charge is 2.37. The number of nitrogens with two attached hydrogens (primary N) is 1. The minimum absolute atomic E-state index is 0.0561. The fourth-order valence-corrected chi connectivity index (χ4v) is 2.55. The standard InChI is InChI=1S/C13H20N4O/c1-8(2)17-12(18)5-4-10(14)13(17)11-6-7-15-9(3)16-11/h6-8,10,13H,4-5,14H2,1-3H3. The third kappa shape index (κ3) is 2.36. The first kappa shape index (κ1) is 13.0. The van der Waals surface area contributed by atoms with Crippen LogP contribution in [0.1, 0.15) is 44.2 Å². The summed E-state index contributed by atoms with van der Waals surface area (Å²) in [5.74, 6) is 0.870. The molecule has 0 aliphatic carbocycles. The molecule has 1 saturated heterocycles. The molecule has 0 saturated carbocycles. The largest absolute Gasteiger partial charge is 0.330 e. The molecule has 0 radical (unpaired) electrons. The van der Waals surface area contributed by atoms with Crippen LogP contribution in [-0.2, 0) is 4.79 Å². The van der Waals surface area contributed by atoms with Gasteiger partial charge in [0, 0.05) is 24.7 Å². The number of rotatable bonds is 2. The van der Waals surface area contributed by atoms with Gasteiger partial charge in [-0.3, -0.25) is 4.79 Å². The Bertz CT molecular complexity index is 446. The molecule has 98 valence electrons. The molecule has 1 aliphatic rings. The van der Waals surface area contributed by atoms with Crippen molar-refractivity contribution in [3.05, 3.63) is 23.8 Å². The molecule has 1 aromatic rings. The van der Waals surface area contributed by atoms with Crippen molar-refractivity contribution >= 4 is 5.91 Å². The zero-order valence-corrected chi connectivity index (χ0v) is 11.1. The van der Waals surface area contributed by atoms with Gasteiger partial charge < -0.3 is 10.6 Å². The summed E-state index contributed by atoms with van der Waals surface area (Å²) in [6.07, 6.45) is 2.97. The molecular formula is C13H20N4O. The topological polar surface area (TPSA) is 72.1 Å². The average molecular weight is 248 g/mol. The normalized spacial score (nSPS) is 24.7. The number of amides is 1. The van der Waals surface area contributed by atoms with E-state index < -0.39 is 0 Å². The second-order valence-electron chi connectivity index (χ2n) is 5.07. The van der Waals surface area contributed by atoms with E-state index in [-0.39, 0.29) is 24.0 Å². The van der Waals surface area contributed by atoms with Crippen molar-refractivity contribution in [1.29, 1.82) is 0 Å². The van der Waals surface area contributed by atoms with E-state index in [2.05, 4.69) is 9.97 Å². The van der Waals surface area contributed by atoms with Gasteiger partial charge in [-0.15, -0.1) is 0 Å². The van der Waals surface area contributed by atoms with E-state index in [1.54, 1.807) is 6.20 Å². The lowest BCUT2D eigenvalue weighted by molar-refractivity contribution is -0.139. The molecule has 1 aromatic heterocycles. The van der Waals surface area contributed by atoms with Gasteiger partial charge in [-0.05, 0) is 33.3 Å². The van der Waals surface area contributed by atoms with Crippen LogP contribution in [0.5, 0.6) is 0 Å². The Morgan fingerprint density at radius 1 is 1.50 bits per heavy atom. The van der Waals surface area contributed by atoms with Gasteiger partial charge in [0.1, 0.15) is 5.82 Å². The highest BCUT2D eigenvalue weighted by atomic mass is 16.2. The Morgan fingerprint density at radius 3 is 2.83 bits per heavy atom. The Kier molecular flexibility index (Phi) is 3.61. The third-order valence-corrected chi connectivity index (χ3v) is 3.34. The van der Waals surface area contributed by atoms with Crippen LogP contribution < -0.4 is 5.73 Å². The minimum atomic E-state index is -0.132. The monoisotopic (exact) mass is 248 g/mol. The van der Waals surface area contributed by atoms with Gasteiger partial charge >= 0.3 is 0 Å². The number of aryl methyl sites for hydroxylation is 1. The molecule has 0 bridgehead atoms. The molecule has 18 heavy (non-hydrogen) atoms. The van der Waals surface area contributed by atoms with Crippen molar-refractivity contribution in [2.75, 3.05) is 0 Å². The molecule has 5 nitrogen and oxygen atoms in total. The van der Waals surface area contributed by atoms with E-state index in [0.717, 1.165) is 12.1 Å². The van der Waals surface area contributed by atoms with Crippen LogP contribution in [0.4, 0.5) is 0 Å². The number of hydrogen-bond acceptors (Lipinski definition) is 4. The first-order valence-electron chi connectivity index (χ1n) is 6.37. The molecular weight excluding hydrogens is 228 g/mol. The van der Waals surface area contributed by atoms with E-state index in [1.807, 2.05) is 31.7 Å². The number of aromatic nitrogens is 2. The van der Waals surface area contributed by atoms with Crippen molar-refractivity contribution in [3.63, 3.8) is 0 Å². The maximum Gasteiger partial charge on any atom is 0.223 e. The summed E-state index contributed by atoms with van der Waals surface area (Å²) in [5, 5.41) is 0. The Labute approximate surface area is 107 Å². The molecule has 0 spiro atoms. The summed E-state index contributed by atoms with van der Waals surface area (Å²) >= 11 is 0. The lowest BCUT2D eigenvalue weighted by Crippen LogP contribution is -2.51. The van der Waals surface area contributed by atoms with Gasteiger partial charge in [-0.1, -0.05) is 0 Å². The minimum Gasteiger partial charge on any atom is -0.330 e. The van der Waals surface area contributed by atoms with Gasteiger partial charge in [0.2, 0.25) is 5.91 Å². The Morgan fingerprint density at radius 2 is 2.22 bits per heavy atom. The number of nitrogens with zero attached hydrogens (tertiary/aromatic N) is 3. The van der Waals surface area contributed by atoms with Gasteiger partial charge in [-0.2, -0.15) is 0 Å². The van der Waals surface area contributed by atoms with Crippen LogP contribution >= 0.6 is 0 Å². The summed E-state index contributed by atoms with van der Waals surface area (Å²) in [6.45, 7) is 5.87. The van der Waals surface area contributed by atoms with Crippen LogP contribution in [0, 0.1) is 6.92 Å². The molecule has 2 atom stereocenters. The van der Waals surface area contributed by atoms with E-state index >= 15 is 0 Å². The lowest BCUT2D eigenvalue weighted by atomic mass is 9.92. The van der Waals surface area contributed by atoms with Crippen molar-refractivity contribution in [2.45, 2.75) is 51.7 Å². The molecule has 2 rings (SSSR count). The number of hydrogen-bond donors (Lipinski definition) is 1. The summed E-state index contributed by atoms with van der Waals surface area (Å²) in [7, 11) is 0. The molecule has 1 amide bonds. The van der Waals surface area contributed by atoms with Crippen LogP contribution in [-0.4, -0.2) is 32.9 Å². The van der Waals surface area contributed by atoms with E-state index in [0.29, 0.717) is 12.2 Å². The Balaban J connectivity index is 2.39. The first-order valence-corrected chi connectivity index (χ1v) is 6.37. The zero-order chi connectivity index (χ0) is 13.3. The quantitative estimate of drug-likeness (QED) is 0.853. The van der Waals surface area contributed by atoms with Gasteiger partial charge in [-0.25, -0.2) is 9.97 Å². The second-order valence-corrected chi connectivity index (χ2v) is 5.07. The number of likely N-dealkylation sites (tertiary alicyclic amines) is 1. The molecule has 0 aromatic carbocycles. The fourth-order valence-electron chi connectivity index (χ4n) is 2.55. The van der Waals surface area contributed by atoms with Gasteiger partial charge in [0.25, 0.3) is 0 Å². The van der Waals surface area contributed by atoms with Crippen molar-refractivity contribution in [2.24, 2.45) is 5.73 Å². The maximum atomic E-state index is 12.1. The fraction of sp³-hybridized carbons (Fsp3) is 0.615. The lowest BCUT2D eigenvalue weighted by Gasteiger charge is -2.41. The van der Waals surface area contributed by atoms with E-state index in [9.17, 15) is 4.79 Å². The predicted octanol–water partition coefficient (Wildman–Crippen LogP) is 1.18. The molecule has 5 heteroatoms. The summed E-state index contributed by atoms with van der Waals surface area (Å²) in [6, 6.07) is 1.79. The third-order valence-electron chi connectivity index (χ3n) is 3.34. The molecule has 2 unspecified atom stereocenters. The van der Waals surface area contributed by atoms with Crippen LogP contribution in [0.2, 0.25) is 0 Å². The Hall–Kier alpha value is -1.49. The van der Waals surface area contributed by atoms with Crippen LogP contribution in [0.3, 0.4) is 0 Å². The van der Waals surface area contributed by atoms with Crippen molar-refractivity contribution in [3.8, 4) is 0 Å². The highest BCUT2D eigenvalue weighted by molar-refractivity contribution is 5.78. The maximum absolute atomic E-state index is 12.1. The summed E-state index contributed by atoms with van der Waals surface area (Å²) < 4.78 is 0. The van der Waals surface area contributed by atoms with E-state index in [4.69, 9.17) is 5.73 Å². The number of piperidine rings is 1. The molecule has 2 N–H and O–H groups in total. The molecule has 1 aliphatic heterocycles. The smallest absolute Gasteiger partial charge is 0.223 e. The summed E-state index contributed by atoms with van der Waals surface area (Å²) in [4.78, 5) is 22.5. The summed E-state index contributed by atoms with van der Waals surface area (Å²) in [5.41, 5.74) is 7.04. The highest BCUT2D eigenvalue weighted by Crippen LogP contribution is 2.31. The van der Waals surface area contributed by atoms with Crippen LogP contribution in [0.15, 0.2) is 12.3 Å². The molecule has 2 heterocycles. The van der Waals surface area contributed by atoms with Gasteiger partial charge in [0.15, 0.2) is 0 Å². The second kappa shape index (κ2) is 5.02. The zero-order valence-electron chi connectivity index (χ0n) is 11.1.